The Labute approximate surface area is 163 Å². The van der Waals surface area contributed by atoms with Crippen molar-refractivity contribution in [3.05, 3.63) is 47.2 Å². The summed E-state index contributed by atoms with van der Waals surface area (Å²) in [4.78, 5) is 12.3. The van der Waals surface area contributed by atoms with E-state index in [-0.39, 0.29) is 6.42 Å². The molecule has 5 rings (SSSR count). The summed E-state index contributed by atoms with van der Waals surface area (Å²) in [5.74, 6) is -2.67. The van der Waals surface area contributed by atoms with E-state index in [0.29, 0.717) is 23.6 Å². The lowest BCUT2D eigenvalue weighted by molar-refractivity contribution is -0.119. The molecule has 0 bridgehead atoms. The van der Waals surface area contributed by atoms with Gasteiger partial charge in [-0.3, -0.25) is 9.48 Å². The van der Waals surface area contributed by atoms with Gasteiger partial charge in [0, 0.05) is 24.9 Å². The second kappa shape index (κ2) is 6.39. The third kappa shape index (κ3) is 2.93. The van der Waals surface area contributed by atoms with Crippen LogP contribution in [0.15, 0.2) is 30.3 Å². The van der Waals surface area contributed by atoms with Crippen molar-refractivity contribution in [1.29, 1.82) is 0 Å². The molecule has 1 N–H and O–H groups in total. The molecule has 6 heteroatoms. The average Bonchev–Trinajstić information content (AvgIpc) is 3.13. The summed E-state index contributed by atoms with van der Waals surface area (Å²) in [6, 6.07) is 10.5. The SMILES string of the molecule is Cn1nc(C2CC(c3ccccc3)C2)c(C2CCC2)c1NC(=O)[C@@H]1CC1(F)F. The maximum absolute atomic E-state index is 13.3. The number of hydrogen-bond acceptors (Lipinski definition) is 2. The highest BCUT2D eigenvalue weighted by Gasteiger charge is 2.61. The predicted octanol–water partition coefficient (Wildman–Crippen LogP) is 4.94. The van der Waals surface area contributed by atoms with Crippen molar-refractivity contribution in [1.82, 2.24) is 9.78 Å². The van der Waals surface area contributed by atoms with Gasteiger partial charge in [-0.05, 0) is 43.1 Å². The Hall–Kier alpha value is -2.24. The van der Waals surface area contributed by atoms with E-state index < -0.39 is 17.7 Å². The minimum atomic E-state index is -2.85. The summed E-state index contributed by atoms with van der Waals surface area (Å²) in [5.41, 5.74) is 3.53. The van der Waals surface area contributed by atoms with E-state index in [0.717, 1.165) is 36.9 Å². The number of amides is 1. The highest BCUT2D eigenvalue weighted by Crippen LogP contribution is 2.53. The lowest BCUT2D eigenvalue weighted by atomic mass is 9.67. The third-order valence-corrected chi connectivity index (χ3v) is 6.81. The lowest BCUT2D eigenvalue weighted by Gasteiger charge is -2.37. The topological polar surface area (TPSA) is 46.9 Å². The average molecular weight is 385 g/mol. The molecule has 0 saturated heterocycles. The van der Waals surface area contributed by atoms with E-state index in [1.165, 1.54) is 12.0 Å². The van der Waals surface area contributed by atoms with Crippen molar-refractivity contribution in [3.8, 4) is 0 Å². The Kier molecular flexibility index (Phi) is 4.07. The molecule has 4 nitrogen and oxygen atoms in total. The largest absolute Gasteiger partial charge is 0.310 e. The Morgan fingerprint density at radius 3 is 2.39 bits per heavy atom. The van der Waals surface area contributed by atoms with Crippen LogP contribution in [-0.4, -0.2) is 21.6 Å². The molecule has 0 unspecified atom stereocenters. The van der Waals surface area contributed by atoms with Gasteiger partial charge in [0.2, 0.25) is 5.91 Å². The molecule has 3 aliphatic carbocycles. The van der Waals surface area contributed by atoms with Gasteiger partial charge in [0.15, 0.2) is 0 Å². The number of nitrogens with zero attached hydrogens (tertiary/aromatic N) is 2. The Morgan fingerprint density at radius 2 is 1.82 bits per heavy atom. The fourth-order valence-corrected chi connectivity index (χ4v) is 4.65. The molecule has 1 heterocycles. The van der Waals surface area contributed by atoms with Gasteiger partial charge in [-0.1, -0.05) is 36.8 Å². The molecule has 1 aromatic carbocycles. The fraction of sp³-hybridized carbons (Fsp3) is 0.545. The molecule has 0 radical (unpaired) electrons. The molecule has 1 amide bonds. The Balaban J connectivity index is 1.38. The van der Waals surface area contributed by atoms with E-state index in [9.17, 15) is 13.6 Å². The van der Waals surface area contributed by atoms with Crippen molar-refractivity contribution in [2.45, 2.75) is 62.2 Å². The van der Waals surface area contributed by atoms with E-state index >= 15 is 0 Å². The van der Waals surface area contributed by atoms with E-state index in [1.807, 2.05) is 6.07 Å². The van der Waals surface area contributed by atoms with Crippen LogP contribution in [0.25, 0.3) is 0 Å². The Bertz CT molecular complexity index is 898. The summed E-state index contributed by atoms with van der Waals surface area (Å²) in [6.45, 7) is 0. The first-order valence-electron chi connectivity index (χ1n) is 10.2. The highest BCUT2D eigenvalue weighted by molar-refractivity contribution is 5.95. The zero-order valence-electron chi connectivity index (χ0n) is 16.0. The van der Waals surface area contributed by atoms with Crippen LogP contribution in [0, 0.1) is 5.92 Å². The van der Waals surface area contributed by atoms with E-state index in [1.54, 1.807) is 11.7 Å². The molecular formula is C22H25F2N3O. The number of carbonyl (C=O) groups is 1. The molecule has 3 aliphatic rings. The number of aromatic nitrogens is 2. The summed E-state index contributed by atoms with van der Waals surface area (Å²) >= 11 is 0. The number of aryl methyl sites for hydroxylation is 1. The number of halogens is 2. The third-order valence-electron chi connectivity index (χ3n) is 6.81. The van der Waals surface area contributed by atoms with Gasteiger partial charge in [-0.15, -0.1) is 0 Å². The predicted molar refractivity (Wildman–Crippen MR) is 103 cm³/mol. The van der Waals surface area contributed by atoms with Gasteiger partial charge < -0.3 is 5.32 Å². The molecule has 1 atom stereocenters. The zero-order chi connectivity index (χ0) is 19.5. The summed E-state index contributed by atoms with van der Waals surface area (Å²) < 4.78 is 28.3. The molecule has 148 valence electrons. The number of nitrogens with one attached hydrogen (secondary N) is 1. The number of anilines is 1. The van der Waals surface area contributed by atoms with Crippen LogP contribution in [0.5, 0.6) is 0 Å². The molecule has 3 saturated carbocycles. The Morgan fingerprint density at radius 1 is 1.14 bits per heavy atom. The van der Waals surface area contributed by atoms with Crippen LogP contribution in [0.2, 0.25) is 0 Å². The zero-order valence-corrected chi connectivity index (χ0v) is 16.0. The normalized spacial score (nSPS) is 28.3. The van der Waals surface area contributed by atoms with Crippen molar-refractivity contribution in [2.24, 2.45) is 13.0 Å². The quantitative estimate of drug-likeness (QED) is 0.792. The molecule has 28 heavy (non-hydrogen) atoms. The summed E-state index contributed by atoms with van der Waals surface area (Å²) in [6.07, 6.45) is 5.09. The van der Waals surface area contributed by atoms with Crippen LogP contribution in [0.1, 0.15) is 73.1 Å². The monoisotopic (exact) mass is 385 g/mol. The summed E-state index contributed by atoms with van der Waals surface area (Å²) in [7, 11) is 1.81. The van der Waals surface area contributed by atoms with Crippen LogP contribution in [0.4, 0.5) is 14.6 Å². The fourth-order valence-electron chi connectivity index (χ4n) is 4.65. The van der Waals surface area contributed by atoms with Crippen molar-refractivity contribution in [3.63, 3.8) is 0 Å². The molecule has 1 aromatic heterocycles. The number of carbonyl (C=O) groups excluding carboxylic acids is 1. The maximum Gasteiger partial charge on any atom is 0.260 e. The maximum atomic E-state index is 13.3. The number of rotatable bonds is 5. The molecular weight excluding hydrogens is 360 g/mol. The standard InChI is InChI=1S/C22H25F2N3O/c1-27-20(25-21(28)17-12-22(17,23)24)18(14-8-5-9-14)19(26-27)16-10-15(11-16)13-6-3-2-4-7-13/h2-4,6-7,14-17H,5,8-12H2,1H3,(H,25,28)/t15?,16?,17-/m0/s1. The second-order valence-corrected chi connectivity index (χ2v) is 8.68. The van der Waals surface area contributed by atoms with Crippen molar-refractivity contribution < 1.29 is 13.6 Å². The first-order chi connectivity index (χ1) is 13.4. The van der Waals surface area contributed by atoms with Gasteiger partial charge in [-0.25, -0.2) is 8.78 Å². The van der Waals surface area contributed by atoms with Crippen molar-refractivity contribution in [2.75, 3.05) is 5.32 Å². The van der Waals surface area contributed by atoms with Crippen LogP contribution in [-0.2, 0) is 11.8 Å². The number of alkyl halides is 2. The number of benzene rings is 1. The molecule has 0 aliphatic heterocycles. The van der Waals surface area contributed by atoms with Gasteiger partial charge in [0.05, 0.1) is 5.69 Å². The van der Waals surface area contributed by atoms with Crippen LogP contribution in [0.3, 0.4) is 0 Å². The van der Waals surface area contributed by atoms with E-state index in [2.05, 4.69) is 29.6 Å². The summed E-state index contributed by atoms with van der Waals surface area (Å²) in [5, 5.41) is 7.54. The van der Waals surface area contributed by atoms with Crippen molar-refractivity contribution >= 4 is 11.7 Å². The van der Waals surface area contributed by atoms with Gasteiger partial charge in [0.1, 0.15) is 11.7 Å². The molecule has 3 fully saturated rings. The lowest BCUT2D eigenvalue weighted by Crippen LogP contribution is -2.24. The molecule has 0 spiro atoms. The van der Waals surface area contributed by atoms with E-state index in [4.69, 9.17) is 5.10 Å². The minimum absolute atomic E-state index is 0.344. The minimum Gasteiger partial charge on any atom is -0.310 e. The first-order valence-corrected chi connectivity index (χ1v) is 10.2. The number of hydrogen-bond donors (Lipinski definition) is 1. The van der Waals surface area contributed by atoms with Gasteiger partial charge in [0.25, 0.3) is 5.92 Å². The second-order valence-electron chi connectivity index (χ2n) is 8.68. The smallest absolute Gasteiger partial charge is 0.260 e. The van der Waals surface area contributed by atoms with Crippen LogP contribution < -0.4 is 5.32 Å². The highest BCUT2D eigenvalue weighted by atomic mass is 19.3. The van der Waals surface area contributed by atoms with Crippen LogP contribution >= 0.6 is 0 Å². The molecule has 2 aromatic rings. The van der Waals surface area contributed by atoms with Gasteiger partial charge >= 0.3 is 0 Å². The first kappa shape index (κ1) is 17.8. The van der Waals surface area contributed by atoms with Gasteiger partial charge in [-0.2, -0.15) is 5.10 Å².